The lowest BCUT2D eigenvalue weighted by molar-refractivity contribution is -0.133. The van der Waals surface area contributed by atoms with Crippen molar-refractivity contribution < 1.29 is 14.0 Å². The first-order valence-electron chi connectivity index (χ1n) is 11.3. The van der Waals surface area contributed by atoms with Crippen LogP contribution < -0.4 is 5.32 Å². The molecule has 0 saturated carbocycles. The summed E-state index contributed by atoms with van der Waals surface area (Å²) in [5.74, 6) is 0.718. The number of carbonyl (C=O) groups excluding carboxylic acids is 2. The standard InChI is InChI=1S/C26H31N3O3/c1-16(2)21-13-22-20(15-32-23(22)11-18(21)4)12-24(30)29-10-6-8-19(14-29)26(31)28-25-17(3)7-5-9-27-25/h5,7,9,11,13,15-16,19H,6,8,10,12,14H2,1-4H3,(H,27,28,31). The number of aromatic nitrogens is 1. The molecule has 1 N–H and O–H groups in total. The van der Waals surface area contributed by atoms with E-state index in [1.165, 1.54) is 11.1 Å². The number of amides is 2. The molecule has 6 nitrogen and oxygen atoms in total. The molecule has 0 bridgehead atoms. The molecule has 1 aliphatic rings. The molecule has 1 aliphatic heterocycles. The summed E-state index contributed by atoms with van der Waals surface area (Å²) in [6.07, 6.45) is 5.23. The van der Waals surface area contributed by atoms with Crippen LogP contribution in [0.5, 0.6) is 0 Å². The quantitative estimate of drug-likeness (QED) is 0.615. The zero-order valence-electron chi connectivity index (χ0n) is 19.3. The lowest BCUT2D eigenvalue weighted by atomic mass is 9.94. The Morgan fingerprint density at radius 3 is 2.81 bits per heavy atom. The minimum absolute atomic E-state index is 0.0332. The van der Waals surface area contributed by atoms with Crippen LogP contribution in [0.25, 0.3) is 11.0 Å². The number of piperidine rings is 1. The minimum Gasteiger partial charge on any atom is -0.464 e. The van der Waals surface area contributed by atoms with Gasteiger partial charge >= 0.3 is 0 Å². The van der Waals surface area contributed by atoms with Crippen LogP contribution in [0.1, 0.15) is 54.9 Å². The Morgan fingerprint density at radius 1 is 1.25 bits per heavy atom. The average molecular weight is 434 g/mol. The Morgan fingerprint density at radius 2 is 2.06 bits per heavy atom. The number of anilines is 1. The monoisotopic (exact) mass is 433 g/mol. The summed E-state index contributed by atoms with van der Waals surface area (Å²) in [4.78, 5) is 32.0. The number of furan rings is 1. The lowest BCUT2D eigenvalue weighted by Gasteiger charge is -2.32. The van der Waals surface area contributed by atoms with E-state index in [0.29, 0.717) is 24.8 Å². The number of nitrogens with one attached hydrogen (secondary N) is 1. The summed E-state index contributed by atoms with van der Waals surface area (Å²) < 4.78 is 5.75. The van der Waals surface area contributed by atoms with E-state index >= 15 is 0 Å². The van der Waals surface area contributed by atoms with E-state index in [1.807, 2.05) is 24.0 Å². The second-order valence-electron chi connectivity index (χ2n) is 9.13. The second-order valence-corrected chi connectivity index (χ2v) is 9.13. The third-order valence-corrected chi connectivity index (χ3v) is 6.40. The molecule has 1 aromatic carbocycles. The molecule has 2 amide bonds. The highest BCUT2D eigenvalue weighted by molar-refractivity contribution is 5.93. The van der Waals surface area contributed by atoms with Crippen molar-refractivity contribution in [2.45, 2.75) is 52.9 Å². The Labute approximate surface area is 189 Å². The molecule has 0 aliphatic carbocycles. The maximum absolute atomic E-state index is 13.1. The molecule has 0 spiro atoms. The SMILES string of the molecule is Cc1cc2occ(CC(=O)N3CCCC(C(=O)Nc4ncccc4C)C3)c2cc1C(C)C. The smallest absolute Gasteiger partial charge is 0.230 e. The van der Waals surface area contributed by atoms with Crippen LogP contribution >= 0.6 is 0 Å². The number of hydrogen-bond donors (Lipinski definition) is 1. The van der Waals surface area contributed by atoms with Crippen molar-refractivity contribution in [1.82, 2.24) is 9.88 Å². The molecule has 32 heavy (non-hydrogen) atoms. The predicted molar refractivity (Wildman–Crippen MR) is 126 cm³/mol. The van der Waals surface area contributed by atoms with Crippen molar-refractivity contribution in [2.75, 3.05) is 18.4 Å². The van der Waals surface area contributed by atoms with Gasteiger partial charge < -0.3 is 14.6 Å². The van der Waals surface area contributed by atoms with Gasteiger partial charge in [-0.15, -0.1) is 0 Å². The summed E-state index contributed by atoms with van der Waals surface area (Å²) in [7, 11) is 0. The fourth-order valence-electron chi connectivity index (χ4n) is 4.53. The molecule has 3 heterocycles. The highest BCUT2D eigenvalue weighted by atomic mass is 16.3. The summed E-state index contributed by atoms with van der Waals surface area (Å²) >= 11 is 0. The molecule has 3 aromatic rings. The molecular weight excluding hydrogens is 402 g/mol. The average Bonchev–Trinajstić information content (AvgIpc) is 3.15. The number of benzene rings is 1. The number of hydrogen-bond acceptors (Lipinski definition) is 4. The zero-order valence-corrected chi connectivity index (χ0v) is 19.3. The molecule has 168 valence electrons. The lowest BCUT2D eigenvalue weighted by Crippen LogP contribution is -2.44. The highest BCUT2D eigenvalue weighted by Gasteiger charge is 2.29. The summed E-state index contributed by atoms with van der Waals surface area (Å²) in [6.45, 7) is 9.46. The molecule has 0 radical (unpaired) electrons. The van der Waals surface area contributed by atoms with E-state index in [9.17, 15) is 9.59 Å². The van der Waals surface area contributed by atoms with E-state index in [1.54, 1.807) is 12.5 Å². The number of pyridine rings is 1. The van der Waals surface area contributed by atoms with E-state index in [2.05, 4.69) is 43.2 Å². The predicted octanol–water partition coefficient (Wildman–Crippen LogP) is 4.99. The molecule has 1 atom stereocenters. The van der Waals surface area contributed by atoms with Gasteiger partial charge in [-0.3, -0.25) is 9.59 Å². The van der Waals surface area contributed by atoms with Crippen molar-refractivity contribution in [3.05, 3.63) is 59.0 Å². The Kier molecular flexibility index (Phi) is 6.31. The van der Waals surface area contributed by atoms with Gasteiger partial charge in [0.1, 0.15) is 11.4 Å². The van der Waals surface area contributed by atoms with E-state index < -0.39 is 0 Å². The van der Waals surface area contributed by atoms with Gasteiger partial charge in [0.2, 0.25) is 11.8 Å². The van der Waals surface area contributed by atoms with Crippen LogP contribution in [0.2, 0.25) is 0 Å². The van der Waals surface area contributed by atoms with Crippen molar-refractivity contribution in [3.63, 3.8) is 0 Å². The van der Waals surface area contributed by atoms with Gasteiger partial charge in [-0.05, 0) is 67.5 Å². The number of aryl methyl sites for hydroxylation is 2. The number of rotatable bonds is 5. The summed E-state index contributed by atoms with van der Waals surface area (Å²) in [5, 5.41) is 3.93. The highest BCUT2D eigenvalue weighted by Crippen LogP contribution is 2.30. The fourth-order valence-corrected chi connectivity index (χ4v) is 4.53. The Balaban J connectivity index is 1.45. The molecule has 1 unspecified atom stereocenters. The molecule has 1 saturated heterocycles. The van der Waals surface area contributed by atoms with Gasteiger partial charge in [0.15, 0.2) is 0 Å². The number of nitrogens with zero attached hydrogens (tertiary/aromatic N) is 2. The molecule has 2 aromatic heterocycles. The largest absolute Gasteiger partial charge is 0.464 e. The zero-order chi connectivity index (χ0) is 22.8. The summed E-state index contributed by atoms with van der Waals surface area (Å²) in [6, 6.07) is 7.97. The first kappa shape index (κ1) is 22.1. The van der Waals surface area contributed by atoms with Crippen molar-refractivity contribution in [3.8, 4) is 0 Å². The topological polar surface area (TPSA) is 75.4 Å². The molecular formula is C26H31N3O3. The molecule has 1 fully saturated rings. The third kappa shape index (κ3) is 4.54. The Hall–Kier alpha value is -3.15. The fraction of sp³-hybridized carbons (Fsp3) is 0.423. The normalized spacial score (nSPS) is 16.5. The van der Waals surface area contributed by atoms with Gasteiger partial charge in [0.05, 0.1) is 18.6 Å². The van der Waals surface area contributed by atoms with Crippen molar-refractivity contribution in [1.29, 1.82) is 0 Å². The van der Waals surface area contributed by atoms with Gasteiger partial charge in [0, 0.05) is 30.2 Å². The second kappa shape index (κ2) is 9.15. The van der Waals surface area contributed by atoms with Crippen LogP contribution in [-0.4, -0.2) is 34.8 Å². The Bertz CT molecular complexity index is 1150. The maximum atomic E-state index is 13.1. The maximum Gasteiger partial charge on any atom is 0.230 e. The summed E-state index contributed by atoms with van der Waals surface area (Å²) in [5.41, 5.74) is 5.12. The first-order valence-corrected chi connectivity index (χ1v) is 11.3. The number of likely N-dealkylation sites (tertiary alicyclic amines) is 1. The van der Waals surface area contributed by atoms with E-state index in [-0.39, 0.29) is 24.2 Å². The van der Waals surface area contributed by atoms with Crippen LogP contribution in [0, 0.1) is 19.8 Å². The van der Waals surface area contributed by atoms with Crippen LogP contribution in [0.3, 0.4) is 0 Å². The van der Waals surface area contributed by atoms with Gasteiger partial charge in [-0.2, -0.15) is 0 Å². The van der Waals surface area contributed by atoms with Crippen molar-refractivity contribution in [2.24, 2.45) is 5.92 Å². The van der Waals surface area contributed by atoms with Crippen molar-refractivity contribution >= 4 is 28.6 Å². The van der Waals surface area contributed by atoms with E-state index in [0.717, 1.165) is 34.9 Å². The van der Waals surface area contributed by atoms with Gasteiger partial charge in [0.25, 0.3) is 0 Å². The molecule has 4 rings (SSSR count). The third-order valence-electron chi connectivity index (χ3n) is 6.40. The minimum atomic E-state index is -0.231. The van der Waals surface area contributed by atoms with E-state index in [4.69, 9.17) is 4.42 Å². The number of carbonyl (C=O) groups is 2. The number of fused-ring (bicyclic) bond motifs is 1. The van der Waals surface area contributed by atoms with Gasteiger partial charge in [-0.1, -0.05) is 19.9 Å². The van der Waals surface area contributed by atoms with Gasteiger partial charge in [-0.25, -0.2) is 4.98 Å². The van der Waals surface area contributed by atoms with Crippen LogP contribution in [-0.2, 0) is 16.0 Å². The van der Waals surface area contributed by atoms with Crippen LogP contribution in [0.4, 0.5) is 5.82 Å². The van der Waals surface area contributed by atoms with Crippen LogP contribution in [0.15, 0.2) is 41.1 Å². The first-order chi connectivity index (χ1) is 15.3. The molecule has 6 heteroatoms.